The summed E-state index contributed by atoms with van der Waals surface area (Å²) in [5.41, 5.74) is 4.56. The summed E-state index contributed by atoms with van der Waals surface area (Å²) in [5, 5.41) is 1.10. The fraction of sp³-hybridized carbons (Fsp3) is 0.500. The van der Waals surface area contributed by atoms with E-state index >= 15 is 0 Å². The summed E-state index contributed by atoms with van der Waals surface area (Å²) in [6.07, 6.45) is 7.39. The van der Waals surface area contributed by atoms with Crippen molar-refractivity contribution < 1.29 is 4.79 Å². The van der Waals surface area contributed by atoms with Crippen molar-refractivity contribution in [3.8, 4) is 0 Å². The van der Waals surface area contributed by atoms with Gasteiger partial charge in [-0.15, -0.1) is 0 Å². The molecule has 3 rings (SSSR count). The largest absolute Gasteiger partial charge is 0.357 e. The zero-order valence-electron chi connectivity index (χ0n) is 12.4. The van der Waals surface area contributed by atoms with Crippen molar-refractivity contribution in [2.45, 2.75) is 57.8 Å². The van der Waals surface area contributed by atoms with Crippen LogP contribution in [0, 0.1) is 0 Å². The Balaban J connectivity index is 2.17. The Morgan fingerprint density at radius 3 is 2.60 bits per heavy atom. The quantitative estimate of drug-likeness (QED) is 0.768. The van der Waals surface area contributed by atoms with E-state index in [9.17, 15) is 4.79 Å². The summed E-state index contributed by atoms with van der Waals surface area (Å²) >= 11 is 0. The molecule has 1 aromatic heterocycles. The van der Waals surface area contributed by atoms with E-state index in [0.717, 1.165) is 17.2 Å². The molecule has 1 fully saturated rings. The molecule has 0 atom stereocenters. The highest BCUT2D eigenvalue weighted by molar-refractivity contribution is 6.00. The number of carbonyl (C=O) groups is 1. The van der Waals surface area contributed by atoms with E-state index < -0.39 is 0 Å². The molecule has 0 bridgehead atoms. The molecule has 0 amide bonds. The Morgan fingerprint density at radius 2 is 1.95 bits per heavy atom. The van der Waals surface area contributed by atoms with Gasteiger partial charge < -0.3 is 4.98 Å². The first-order valence-electron chi connectivity index (χ1n) is 7.82. The number of H-pyrrole nitrogens is 1. The lowest BCUT2D eigenvalue weighted by Gasteiger charge is -2.21. The van der Waals surface area contributed by atoms with Crippen LogP contribution in [0.25, 0.3) is 10.9 Å². The number of aldehydes is 1. The van der Waals surface area contributed by atoms with Gasteiger partial charge in [-0.05, 0) is 30.2 Å². The van der Waals surface area contributed by atoms with Crippen LogP contribution in [-0.2, 0) is 0 Å². The Bertz CT molecular complexity index is 618. The average molecular weight is 269 g/mol. The molecular weight excluding hydrogens is 246 g/mol. The summed E-state index contributed by atoms with van der Waals surface area (Å²) in [6, 6.07) is 6.32. The van der Waals surface area contributed by atoms with Gasteiger partial charge in [0.2, 0.25) is 0 Å². The number of para-hydroxylation sites is 1. The standard InChI is InChI=1S/C18H23NO/c1-12(2)14-9-6-10-15-16(11-20)17(19-18(14)15)13-7-4-3-5-8-13/h6,9-13,19H,3-5,7-8H2,1-2H3. The van der Waals surface area contributed by atoms with Crippen molar-refractivity contribution in [1.82, 2.24) is 4.98 Å². The number of aromatic amines is 1. The van der Waals surface area contributed by atoms with Crippen LogP contribution in [0.1, 0.15) is 79.4 Å². The minimum atomic E-state index is 0.469. The van der Waals surface area contributed by atoms with Crippen molar-refractivity contribution in [2.75, 3.05) is 0 Å². The van der Waals surface area contributed by atoms with Crippen LogP contribution in [0.3, 0.4) is 0 Å². The van der Waals surface area contributed by atoms with Gasteiger partial charge in [0.15, 0.2) is 6.29 Å². The van der Waals surface area contributed by atoms with Gasteiger partial charge in [-0.25, -0.2) is 0 Å². The van der Waals surface area contributed by atoms with E-state index in [2.05, 4.69) is 37.0 Å². The Morgan fingerprint density at radius 1 is 1.20 bits per heavy atom. The van der Waals surface area contributed by atoms with E-state index in [1.54, 1.807) is 0 Å². The van der Waals surface area contributed by atoms with Crippen molar-refractivity contribution in [3.63, 3.8) is 0 Å². The average Bonchev–Trinajstić information content (AvgIpc) is 2.86. The summed E-state index contributed by atoms with van der Waals surface area (Å²) < 4.78 is 0. The normalized spacial score (nSPS) is 16.9. The molecule has 1 N–H and O–H groups in total. The van der Waals surface area contributed by atoms with Crippen molar-refractivity contribution in [2.24, 2.45) is 0 Å². The Kier molecular flexibility index (Phi) is 3.64. The number of nitrogens with one attached hydrogen (secondary N) is 1. The van der Waals surface area contributed by atoms with Crippen molar-refractivity contribution in [1.29, 1.82) is 0 Å². The topological polar surface area (TPSA) is 32.9 Å². The lowest BCUT2D eigenvalue weighted by Crippen LogP contribution is -2.06. The second-order valence-corrected chi connectivity index (χ2v) is 6.33. The van der Waals surface area contributed by atoms with Gasteiger partial charge in [-0.2, -0.15) is 0 Å². The molecule has 0 radical (unpaired) electrons. The van der Waals surface area contributed by atoms with Gasteiger partial charge in [-0.1, -0.05) is 51.3 Å². The maximum atomic E-state index is 11.6. The number of hydrogen-bond acceptors (Lipinski definition) is 1. The maximum absolute atomic E-state index is 11.6. The first-order valence-corrected chi connectivity index (χ1v) is 7.82. The van der Waals surface area contributed by atoms with Gasteiger partial charge >= 0.3 is 0 Å². The molecular formula is C18H23NO. The summed E-state index contributed by atoms with van der Waals surface area (Å²) in [5.74, 6) is 1.01. The molecule has 2 aromatic rings. The van der Waals surface area contributed by atoms with Crippen LogP contribution in [0.5, 0.6) is 0 Å². The molecule has 1 heterocycles. The predicted molar refractivity (Wildman–Crippen MR) is 83.6 cm³/mol. The van der Waals surface area contributed by atoms with Gasteiger partial charge in [0.1, 0.15) is 0 Å². The van der Waals surface area contributed by atoms with E-state index in [1.165, 1.54) is 48.9 Å². The predicted octanol–water partition coefficient (Wildman–Crippen LogP) is 5.15. The third kappa shape index (κ3) is 2.17. The van der Waals surface area contributed by atoms with Gasteiger partial charge in [0.25, 0.3) is 0 Å². The van der Waals surface area contributed by atoms with Gasteiger partial charge in [-0.3, -0.25) is 4.79 Å². The SMILES string of the molecule is CC(C)c1cccc2c(C=O)c(C3CCCCC3)[nH]c12. The monoisotopic (exact) mass is 269 g/mol. The second-order valence-electron chi connectivity index (χ2n) is 6.33. The van der Waals surface area contributed by atoms with Crippen molar-refractivity contribution in [3.05, 3.63) is 35.0 Å². The Labute approximate surface area is 120 Å². The number of carbonyl (C=O) groups excluding carboxylic acids is 1. The van der Waals surface area contributed by atoms with Gasteiger partial charge in [0, 0.05) is 22.2 Å². The number of fused-ring (bicyclic) bond motifs is 1. The van der Waals surface area contributed by atoms with Crippen LogP contribution in [0.4, 0.5) is 0 Å². The van der Waals surface area contributed by atoms with Crippen LogP contribution in [0.2, 0.25) is 0 Å². The lowest BCUT2D eigenvalue weighted by molar-refractivity contribution is 0.112. The minimum Gasteiger partial charge on any atom is -0.357 e. The number of aromatic nitrogens is 1. The molecule has 106 valence electrons. The van der Waals surface area contributed by atoms with Crippen LogP contribution in [-0.4, -0.2) is 11.3 Å². The van der Waals surface area contributed by atoms with E-state index in [1.807, 2.05) is 0 Å². The summed E-state index contributed by atoms with van der Waals surface area (Å²) in [6.45, 7) is 4.41. The first-order chi connectivity index (χ1) is 9.72. The molecule has 2 heteroatoms. The second kappa shape index (κ2) is 5.43. The number of rotatable bonds is 3. The zero-order valence-corrected chi connectivity index (χ0v) is 12.4. The van der Waals surface area contributed by atoms with Crippen molar-refractivity contribution >= 4 is 17.2 Å². The fourth-order valence-corrected chi connectivity index (χ4v) is 3.60. The third-order valence-corrected chi connectivity index (χ3v) is 4.69. The minimum absolute atomic E-state index is 0.469. The molecule has 1 aliphatic rings. The molecule has 1 saturated carbocycles. The molecule has 0 spiro atoms. The molecule has 1 aliphatic carbocycles. The highest BCUT2D eigenvalue weighted by atomic mass is 16.1. The van der Waals surface area contributed by atoms with E-state index in [0.29, 0.717) is 11.8 Å². The van der Waals surface area contributed by atoms with Gasteiger partial charge in [0.05, 0.1) is 0 Å². The molecule has 0 saturated heterocycles. The smallest absolute Gasteiger partial charge is 0.152 e. The van der Waals surface area contributed by atoms with Crippen LogP contribution in [0.15, 0.2) is 18.2 Å². The summed E-state index contributed by atoms with van der Waals surface area (Å²) in [4.78, 5) is 15.2. The molecule has 1 aromatic carbocycles. The molecule has 0 unspecified atom stereocenters. The third-order valence-electron chi connectivity index (χ3n) is 4.69. The molecule has 0 aliphatic heterocycles. The van der Waals surface area contributed by atoms with Crippen LogP contribution >= 0.6 is 0 Å². The lowest BCUT2D eigenvalue weighted by atomic mass is 9.85. The first kappa shape index (κ1) is 13.4. The fourth-order valence-electron chi connectivity index (χ4n) is 3.60. The van der Waals surface area contributed by atoms with Crippen LogP contribution < -0.4 is 0 Å². The highest BCUT2D eigenvalue weighted by Gasteiger charge is 2.23. The maximum Gasteiger partial charge on any atom is 0.152 e. The van der Waals surface area contributed by atoms with E-state index in [4.69, 9.17) is 0 Å². The van der Waals surface area contributed by atoms with E-state index in [-0.39, 0.29) is 0 Å². The summed E-state index contributed by atoms with van der Waals surface area (Å²) in [7, 11) is 0. The highest BCUT2D eigenvalue weighted by Crippen LogP contribution is 2.37. The number of benzene rings is 1. The zero-order chi connectivity index (χ0) is 14.1. The number of hydrogen-bond donors (Lipinski definition) is 1. The Hall–Kier alpha value is -1.57. The molecule has 20 heavy (non-hydrogen) atoms. The molecule has 2 nitrogen and oxygen atoms in total.